The van der Waals surface area contributed by atoms with Gasteiger partial charge in [0.15, 0.2) is 0 Å². The number of benzene rings is 2. The molecule has 2 aromatic carbocycles. The summed E-state index contributed by atoms with van der Waals surface area (Å²) in [6.07, 6.45) is 6.03. The number of amides is 1. The third-order valence-corrected chi connectivity index (χ3v) is 8.52. The molecular formula is C26H22N4O2S2. The number of aromatic nitrogens is 3. The molecule has 6 rings (SSSR count). The summed E-state index contributed by atoms with van der Waals surface area (Å²) in [6, 6.07) is 15.7. The van der Waals surface area contributed by atoms with Gasteiger partial charge in [0.1, 0.15) is 9.84 Å². The fraction of sp³-hybridized carbons (Fsp3) is 0.231. The minimum atomic E-state index is -0.145. The van der Waals surface area contributed by atoms with Crippen molar-refractivity contribution in [2.45, 2.75) is 38.6 Å². The smallest absolute Gasteiger partial charge is 0.262 e. The third-order valence-electron chi connectivity index (χ3n) is 6.25. The molecule has 8 heteroatoms. The zero-order valence-electron chi connectivity index (χ0n) is 18.4. The van der Waals surface area contributed by atoms with Gasteiger partial charge in [-0.1, -0.05) is 24.3 Å². The van der Waals surface area contributed by atoms with Crippen LogP contribution in [0.4, 0.5) is 5.69 Å². The zero-order chi connectivity index (χ0) is 23.1. The first-order valence-corrected chi connectivity index (χ1v) is 13.1. The molecular weight excluding hydrogens is 464 g/mol. The lowest BCUT2D eigenvalue weighted by Gasteiger charge is -2.11. The van der Waals surface area contributed by atoms with Gasteiger partial charge in [0.25, 0.3) is 5.56 Å². The maximum atomic E-state index is 13.1. The zero-order valence-corrected chi connectivity index (χ0v) is 20.0. The first-order valence-electron chi connectivity index (χ1n) is 11.4. The van der Waals surface area contributed by atoms with Crippen molar-refractivity contribution < 1.29 is 4.79 Å². The molecule has 1 aliphatic rings. The second kappa shape index (κ2) is 8.77. The second-order valence-corrected chi connectivity index (χ2v) is 10.6. The molecule has 6 nitrogen and oxygen atoms in total. The van der Waals surface area contributed by atoms with Crippen LogP contribution in [0.15, 0.2) is 59.7 Å². The van der Waals surface area contributed by atoms with Crippen molar-refractivity contribution >= 4 is 54.7 Å². The summed E-state index contributed by atoms with van der Waals surface area (Å²) in [7, 11) is 0. The van der Waals surface area contributed by atoms with E-state index < -0.39 is 0 Å². The molecule has 0 saturated carbocycles. The summed E-state index contributed by atoms with van der Waals surface area (Å²) in [4.78, 5) is 37.4. The molecule has 0 unspecified atom stereocenters. The fourth-order valence-corrected chi connectivity index (χ4v) is 6.77. The second-order valence-electron chi connectivity index (χ2n) is 8.46. The van der Waals surface area contributed by atoms with Crippen molar-refractivity contribution in [3.63, 3.8) is 0 Å². The lowest BCUT2D eigenvalue weighted by molar-refractivity contribution is -0.116. The highest BCUT2D eigenvalue weighted by atomic mass is 32.1. The average Bonchev–Trinajstić information content (AvgIpc) is 3.46. The Labute approximate surface area is 203 Å². The molecule has 0 saturated heterocycles. The number of thiazole rings is 1. The maximum absolute atomic E-state index is 13.1. The van der Waals surface area contributed by atoms with E-state index in [-0.39, 0.29) is 17.9 Å². The van der Waals surface area contributed by atoms with Gasteiger partial charge in [0.05, 0.1) is 27.6 Å². The molecule has 34 heavy (non-hydrogen) atoms. The number of para-hydroxylation sites is 2. The Morgan fingerprint density at radius 3 is 2.76 bits per heavy atom. The largest absolute Gasteiger partial charge is 0.325 e. The molecule has 1 aliphatic carbocycles. The van der Waals surface area contributed by atoms with Gasteiger partial charge in [-0.2, -0.15) is 0 Å². The molecule has 0 radical (unpaired) electrons. The van der Waals surface area contributed by atoms with Crippen LogP contribution in [0.25, 0.3) is 31.0 Å². The lowest BCUT2D eigenvalue weighted by Crippen LogP contribution is -2.24. The number of nitrogens with zero attached hydrogens (tertiary/aromatic N) is 3. The standard InChI is InChI=1S/C26H22N4O2S2/c31-22(13-14-30-15-27-25-23(26(30)32)17-8-2-5-11-20(17)33-25)28-18-9-3-1-7-16(18)24-29-19-10-4-6-12-21(19)34-24/h1,3-4,6-7,9-10,12,15H,2,5,8,11,13-14H2,(H,28,31). The SMILES string of the molecule is O=C(CCn1cnc2sc3c(c2c1=O)CCCC3)Nc1ccccc1-c1nc2ccccc2s1. The number of hydrogen-bond acceptors (Lipinski definition) is 6. The van der Waals surface area contributed by atoms with Gasteiger partial charge < -0.3 is 5.32 Å². The average molecular weight is 487 g/mol. The van der Waals surface area contributed by atoms with Crippen LogP contribution in [-0.2, 0) is 24.2 Å². The predicted octanol–water partition coefficient (Wildman–Crippen LogP) is 5.64. The maximum Gasteiger partial charge on any atom is 0.262 e. The lowest BCUT2D eigenvalue weighted by atomic mass is 9.97. The summed E-state index contributed by atoms with van der Waals surface area (Å²) in [6.45, 7) is 0.293. The van der Waals surface area contributed by atoms with E-state index in [1.165, 1.54) is 16.9 Å². The number of nitrogens with one attached hydrogen (secondary N) is 1. The van der Waals surface area contributed by atoms with Crippen LogP contribution in [0.5, 0.6) is 0 Å². The molecule has 3 aromatic heterocycles. The minimum absolute atomic E-state index is 0.0351. The van der Waals surface area contributed by atoms with E-state index in [4.69, 9.17) is 4.98 Å². The minimum Gasteiger partial charge on any atom is -0.325 e. The first kappa shape index (κ1) is 21.2. The Hall–Kier alpha value is -3.36. The van der Waals surface area contributed by atoms with E-state index in [1.807, 2.05) is 48.5 Å². The Kier molecular flexibility index (Phi) is 5.47. The van der Waals surface area contributed by atoms with Gasteiger partial charge in [-0.15, -0.1) is 22.7 Å². The van der Waals surface area contributed by atoms with Gasteiger partial charge in [-0.05, 0) is 55.5 Å². The molecule has 0 bridgehead atoms. The highest BCUT2D eigenvalue weighted by Gasteiger charge is 2.20. The molecule has 0 fully saturated rings. The van der Waals surface area contributed by atoms with Crippen LogP contribution in [0.1, 0.15) is 29.7 Å². The van der Waals surface area contributed by atoms with Crippen molar-refractivity contribution in [3.8, 4) is 10.6 Å². The molecule has 0 atom stereocenters. The summed E-state index contributed by atoms with van der Waals surface area (Å²) < 4.78 is 2.68. The highest BCUT2D eigenvalue weighted by Crippen LogP contribution is 2.35. The number of hydrogen-bond donors (Lipinski definition) is 1. The molecule has 170 valence electrons. The van der Waals surface area contributed by atoms with Crippen molar-refractivity contribution in [1.29, 1.82) is 0 Å². The molecule has 0 spiro atoms. The van der Waals surface area contributed by atoms with Crippen LogP contribution in [0, 0.1) is 0 Å². The van der Waals surface area contributed by atoms with Crippen molar-refractivity contribution in [2.75, 3.05) is 5.32 Å². The van der Waals surface area contributed by atoms with Crippen LogP contribution in [0.3, 0.4) is 0 Å². The number of rotatable bonds is 5. The number of carbonyl (C=O) groups is 1. The summed E-state index contributed by atoms with van der Waals surface area (Å²) in [5, 5.41) is 4.64. The molecule has 5 aromatic rings. The number of carbonyl (C=O) groups excluding carboxylic acids is 1. The number of anilines is 1. The predicted molar refractivity (Wildman–Crippen MR) is 139 cm³/mol. The van der Waals surface area contributed by atoms with Gasteiger partial charge in [-0.3, -0.25) is 14.2 Å². The quantitative estimate of drug-likeness (QED) is 0.349. The molecule has 0 aliphatic heterocycles. The van der Waals surface area contributed by atoms with E-state index >= 15 is 0 Å². The van der Waals surface area contributed by atoms with E-state index in [0.29, 0.717) is 6.54 Å². The summed E-state index contributed by atoms with van der Waals surface area (Å²) in [5.41, 5.74) is 3.70. The highest BCUT2D eigenvalue weighted by molar-refractivity contribution is 7.21. The first-order chi connectivity index (χ1) is 16.7. The Morgan fingerprint density at radius 1 is 1.03 bits per heavy atom. The summed E-state index contributed by atoms with van der Waals surface area (Å²) >= 11 is 3.24. The summed E-state index contributed by atoms with van der Waals surface area (Å²) in [5.74, 6) is -0.145. The van der Waals surface area contributed by atoms with E-state index in [9.17, 15) is 9.59 Å². The van der Waals surface area contributed by atoms with Crippen LogP contribution < -0.4 is 10.9 Å². The number of fused-ring (bicyclic) bond motifs is 4. The Balaban J connectivity index is 1.21. The fourth-order valence-electron chi connectivity index (χ4n) is 4.54. The van der Waals surface area contributed by atoms with Crippen molar-refractivity contribution in [1.82, 2.24) is 14.5 Å². The third kappa shape index (κ3) is 3.82. The molecule has 3 heterocycles. The van der Waals surface area contributed by atoms with Crippen LogP contribution >= 0.6 is 22.7 Å². The monoisotopic (exact) mass is 486 g/mol. The van der Waals surface area contributed by atoms with Gasteiger partial charge >= 0.3 is 0 Å². The van der Waals surface area contributed by atoms with E-state index in [0.717, 1.165) is 56.0 Å². The molecule has 1 amide bonds. The number of thiophene rings is 1. The topological polar surface area (TPSA) is 76.9 Å². The van der Waals surface area contributed by atoms with E-state index in [1.54, 1.807) is 33.6 Å². The number of aryl methyl sites for hydroxylation is 3. The van der Waals surface area contributed by atoms with Gasteiger partial charge in [-0.25, -0.2) is 9.97 Å². The Bertz CT molecular complexity index is 1560. The van der Waals surface area contributed by atoms with Gasteiger partial charge in [0.2, 0.25) is 5.91 Å². The normalized spacial score (nSPS) is 13.3. The van der Waals surface area contributed by atoms with Gasteiger partial charge in [0, 0.05) is 23.4 Å². The Morgan fingerprint density at radius 2 is 1.85 bits per heavy atom. The van der Waals surface area contributed by atoms with Crippen molar-refractivity contribution in [3.05, 3.63) is 75.7 Å². The molecule has 1 N–H and O–H groups in total. The van der Waals surface area contributed by atoms with Crippen molar-refractivity contribution in [2.24, 2.45) is 0 Å². The van der Waals surface area contributed by atoms with Crippen LogP contribution in [0.2, 0.25) is 0 Å². The van der Waals surface area contributed by atoms with E-state index in [2.05, 4.69) is 10.3 Å². The van der Waals surface area contributed by atoms with Crippen LogP contribution in [-0.4, -0.2) is 20.4 Å².